The minimum Gasteiger partial charge on any atom is -0.493 e. The number of halogens is 1. The number of ether oxygens (including phenoxy) is 3. The molecule has 2 amide bonds. The van der Waals surface area contributed by atoms with Crippen molar-refractivity contribution in [1.82, 2.24) is 15.2 Å². The summed E-state index contributed by atoms with van der Waals surface area (Å²) in [4.78, 5) is 18.1. The molecular weight excluding hydrogens is 370 g/mol. The summed E-state index contributed by atoms with van der Waals surface area (Å²) < 4.78 is 16.4. The van der Waals surface area contributed by atoms with Gasteiger partial charge in [-0.15, -0.1) is 0 Å². The lowest BCUT2D eigenvalue weighted by molar-refractivity contribution is 0.186. The molecular formula is C19H22ClN3O4. The molecule has 2 heterocycles. The predicted molar refractivity (Wildman–Crippen MR) is 102 cm³/mol. The van der Waals surface area contributed by atoms with Gasteiger partial charge in [0.15, 0.2) is 11.5 Å². The van der Waals surface area contributed by atoms with Crippen LogP contribution in [0, 0.1) is 0 Å². The normalized spacial score (nSPS) is 16.1. The van der Waals surface area contributed by atoms with Crippen LogP contribution in [0.15, 0.2) is 36.7 Å². The number of carbonyl (C=O) groups excluding carboxylic acids is 1. The van der Waals surface area contributed by atoms with Crippen molar-refractivity contribution in [3.8, 4) is 17.2 Å². The number of likely N-dealkylation sites (tertiary alicyclic amines) is 1. The molecule has 1 aliphatic heterocycles. The highest BCUT2D eigenvalue weighted by atomic mass is 35.5. The Kier molecular flexibility index (Phi) is 6.24. The molecule has 0 spiro atoms. The van der Waals surface area contributed by atoms with Crippen LogP contribution < -0.4 is 19.5 Å². The van der Waals surface area contributed by atoms with Crippen LogP contribution in [0.3, 0.4) is 0 Å². The van der Waals surface area contributed by atoms with Gasteiger partial charge in [0.1, 0.15) is 16.9 Å². The smallest absolute Gasteiger partial charge is 0.317 e. The maximum atomic E-state index is 12.4. The van der Waals surface area contributed by atoms with Gasteiger partial charge in [-0.3, -0.25) is 4.98 Å². The van der Waals surface area contributed by atoms with Gasteiger partial charge in [0.05, 0.1) is 20.8 Å². The highest BCUT2D eigenvalue weighted by Gasteiger charge is 2.28. The summed E-state index contributed by atoms with van der Waals surface area (Å²) >= 11 is 6.07. The molecule has 1 aromatic heterocycles. The quantitative estimate of drug-likeness (QED) is 0.819. The minimum atomic E-state index is -0.128. The minimum absolute atomic E-state index is 0.0864. The third-order valence-electron chi connectivity index (χ3n) is 4.35. The van der Waals surface area contributed by atoms with Gasteiger partial charge in [-0.25, -0.2) is 4.79 Å². The first kappa shape index (κ1) is 19.1. The predicted octanol–water partition coefficient (Wildman–Crippen LogP) is 3.12. The molecule has 8 heteroatoms. The fourth-order valence-corrected chi connectivity index (χ4v) is 3.09. The second kappa shape index (κ2) is 8.81. The van der Waals surface area contributed by atoms with Crippen molar-refractivity contribution in [1.29, 1.82) is 0 Å². The van der Waals surface area contributed by atoms with Crippen LogP contribution in [-0.2, 0) is 6.54 Å². The van der Waals surface area contributed by atoms with Crippen LogP contribution in [0.5, 0.6) is 17.2 Å². The van der Waals surface area contributed by atoms with Crippen molar-refractivity contribution in [3.05, 3.63) is 47.2 Å². The van der Waals surface area contributed by atoms with Crippen LogP contribution in [0.1, 0.15) is 12.0 Å². The number of aromatic nitrogens is 1. The van der Waals surface area contributed by atoms with Crippen LogP contribution in [-0.4, -0.2) is 49.3 Å². The summed E-state index contributed by atoms with van der Waals surface area (Å²) in [6.07, 6.45) is 3.84. The number of hydrogen-bond acceptors (Lipinski definition) is 5. The monoisotopic (exact) mass is 391 g/mol. The van der Waals surface area contributed by atoms with Gasteiger partial charge in [0.25, 0.3) is 0 Å². The molecule has 7 nitrogen and oxygen atoms in total. The van der Waals surface area contributed by atoms with E-state index in [1.54, 1.807) is 37.6 Å². The lowest BCUT2D eigenvalue weighted by atomic mass is 10.2. The van der Waals surface area contributed by atoms with Crippen LogP contribution in [0.4, 0.5) is 4.79 Å². The van der Waals surface area contributed by atoms with Crippen molar-refractivity contribution in [2.24, 2.45) is 0 Å². The van der Waals surface area contributed by atoms with Crippen LogP contribution >= 0.6 is 11.6 Å². The second-order valence-corrected chi connectivity index (χ2v) is 6.54. The van der Waals surface area contributed by atoms with Crippen molar-refractivity contribution in [3.63, 3.8) is 0 Å². The van der Waals surface area contributed by atoms with Gasteiger partial charge < -0.3 is 24.4 Å². The number of amides is 2. The van der Waals surface area contributed by atoms with E-state index in [0.717, 1.165) is 12.0 Å². The van der Waals surface area contributed by atoms with E-state index in [1.807, 2.05) is 18.2 Å². The van der Waals surface area contributed by atoms with Gasteiger partial charge >= 0.3 is 6.03 Å². The third-order valence-corrected chi connectivity index (χ3v) is 4.64. The number of urea groups is 1. The Hall–Kier alpha value is -2.67. The molecule has 0 unspecified atom stereocenters. The Morgan fingerprint density at radius 3 is 2.81 bits per heavy atom. The van der Waals surface area contributed by atoms with Gasteiger partial charge in [0.2, 0.25) is 0 Å². The fourth-order valence-electron chi connectivity index (χ4n) is 2.93. The molecule has 27 heavy (non-hydrogen) atoms. The summed E-state index contributed by atoms with van der Waals surface area (Å²) in [6, 6.07) is 7.15. The third kappa shape index (κ3) is 4.74. The first-order valence-electron chi connectivity index (χ1n) is 8.60. The zero-order valence-corrected chi connectivity index (χ0v) is 16.0. The Balaban J connectivity index is 1.51. The molecule has 0 radical (unpaired) electrons. The molecule has 3 rings (SSSR count). The van der Waals surface area contributed by atoms with E-state index in [2.05, 4.69) is 10.3 Å². The Morgan fingerprint density at radius 2 is 2.07 bits per heavy atom. The summed E-state index contributed by atoms with van der Waals surface area (Å²) in [5.41, 5.74) is 0.927. The Labute approximate surface area is 163 Å². The standard InChI is InChI=1S/C19H22ClN3O4/c1-25-17-4-3-13(9-18(17)26-2)10-22-19(24)23-8-6-14(12-23)27-16-5-7-21-11-15(16)20/h3-5,7,9,11,14H,6,8,10,12H2,1-2H3,(H,22,24)/t14-/m0/s1. The van der Waals surface area contributed by atoms with E-state index in [9.17, 15) is 4.79 Å². The van der Waals surface area contributed by atoms with Crippen molar-refractivity contribution < 1.29 is 19.0 Å². The van der Waals surface area contributed by atoms with Crippen molar-refractivity contribution >= 4 is 17.6 Å². The summed E-state index contributed by atoms with van der Waals surface area (Å²) in [7, 11) is 3.17. The Bertz CT molecular complexity index is 802. The summed E-state index contributed by atoms with van der Waals surface area (Å²) in [5.74, 6) is 1.87. The van der Waals surface area contributed by atoms with E-state index in [4.69, 9.17) is 25.8 Å². The number of carbonyl (C=O) groups is 1. The highest BCUT2D eigenvalue weighted by Crippen LogP contribution is 2.28. The molecule has 0 aliphatic carbocycles. The SMILES string of the molecule is COc1ccc(CNC(=O)N2CC[C@H](Oc3ccncc3Cl)C2)cc1OC. The average molecular weight is 392 g/mol. The molecule has 0 saturated carbocycles. The average Bonchev–Trinajstić information content (AvgIpc) is 3.16. The van der Waals surface area contributed by atoms with E-state index in [0.29, 0.717) is 41.9 Å². The van der Waals surface area contributed by atoms with Gasteiger partial charge in [-0.1, -0.05) is 17.7 Å². The first-order chi connectivity index (χ1) is 13.1. The van der Waals surface area contributed by atoms with Gasteiger partial charge in [-0.05, 0) is 17.7 Å². The van der Waals surface area contributed by atoms with E-state index < -0.39 is 0 Å². The number of nitrogens with one attached hydrogen (secondary N) is 1. The molecule has 1 atom stereocenters. The zero-order chi connectivity index (χ0) is 19.2. The molecule has 1 N–H and O–H groups in total. The number of hydrogen-bond donors (Lipinski definition) is 1. The van der Waals surface area contributed by atoms with Gasteiger partial charge in [-0.2, -0.15) is 0 Å². The lowest BCUT2D eigenvalue weighted by Gasteiger charge is -2.18. The van der Waals surface area contributed by atoms with E-state index in [-0.39, 0.29) is 12.1 Å². The Morgan fingerprint density at radius 1 is 1.26 bits per heavy atom. The molecule has 0 bridgehead atoms. The highest BCUT2D eigenvalue weighted by molar-refractivity contribution is 6.31. The van der Waals surface area contributed by atoms with Crippen molar-refractivity contribution in [2.75, 3.05) is 27.3 Å². The molecule has 1 fully saturated rings. The molecule has 1 saturated heterocycles. The summed E-state index contributed by atoms with van der Waals surface area (Å²) in [5, 5.41) is 3.39. The summed E-state index contributed by atoms with van der Waals surface area (Å²) in [6.45, 7) is 1.54. The van der Waals surface area contributed by atoms with Gasteiger partial charge in [0, 0.05) is 38.0 Å². The molecule has 1 aliphatic rings. The van der Waals surface area contributed by atoms with Crippen LogP contribution in [0.25, 0.3) is 0 Å². The number of nitrogens with zero attached hydrogens (tertiary/aromatic N) is 2. The van der Waals surface area contributed by atoms with Crippen LogP contribution in [0.2, 0.25) is 5.02 Å². The topological polar surface area (TPSA) is 72.9 Å². The number of methoxy groups -OCH3 is 2. The number of rotatable bonds is 6. The number of benzene rings is 1. The number of pyridine rings is 1. The fraction of sp³-hybridized carbons (Fsp3) is 0.368. The van der Waals surface area contributed by atoms with E-state index in [1.165, 1.54) is 0 Å². The maximum Gasteiger partial charge on any atom is 0.317 e. The lowest BCUT2D eigenvalue weighted by Crippen LogP contribution is -2.39. The van der Waals surface area contributed by atoms with E-state index >= 15 is 0 Å². The first-order valence-corrected chi connectivity index (χ1v) is 8.98. The molecule has 1 aromatic carbocycles. The van der Waals surface area contributed by atoms with Crippen molar-refractivity contribution in [2.45, 2.75) is 19.1 Å². The molecule has 2 aromatic rings. The zero-order valence-electron chi connectivity index (χ0n) is 15.3. The molecule has 144 valence electrons. The maximum absolute atomic E-state index is 12.4. The largest absolute Gasteiger partial charge is 0.493 e. The second-order valence-electron chi connectivity index (χ2n) is 6.13.